The van der Waals surface area contributed by atoms with Gasteiger partial charge in [0.2, 0.25) is 5.82 Å². The summed E-state index contributed by atoms with van der Waals surface area (Å²) in [5, 5.41) is 17.8. The molecule has 1 atom stereocenters. The minimum Gasteiger partial charge on any atom is -0.449 e. The summed E-state index contributed by atoms with van der Waals surface area (Å²) in [6, 6.07) is 12.1. The first-order valence-electron chi connectivity index (χ1n) is 9.61. The molecule has 0 aliphatic carbocycles. The molecule has 33 heavy (non-hydrogen) atoms. The van der Waals surface area contributed by atoms with Gasteiger partial charge >= 0.3 is 11.7 Å². The number of aromatic nitrogens is 2. The Hall–Kier alpha value is -4.05. The molecule has 0 bridgehead atoms. The number of amides is 1. The third-order valence-electron chi connectivity index (χ3n) is 4.51. The first-order valence-corrected chi connectivity index (χ1v) is 9.99. The summed E-state index contributed by atoms with van der Waals surface area (Å²) in [5.41, 5.74) is 1.04. The third-order valence-corrected chi connectivity index (χ3v) is 4.87. The van der Waals surface area contributed by atoms with Crippen molar-refractivity contribution in [2.75, 3.05) is 5.32 Å². The predicted octanol–water partition coefficient (Wildman–Crippen LogP) is 4.47. The quantitative estimate of drug-likeness (QED) is 0.235. The van der Waals surface area contributed by atoms with Gasteiger partial charge in [0.25, 0.3) is 5.91 Å². The first kappa shape index (κ1) is 23.6. The predicted molar refractivity (Wildman–Crippen MR) is 120 cm³/mol. The molecule has 1 N–H and O–H groups in total. The van der Waals surface area contributed by atoms with Crippen LogP contribution in [0, 0.1) is 22.9 Å². The van der Waals surface area contributed by atoms with Crippen LogP contribution < -0.4 is 5.32 Å². The highest BCUT2D eigenvalue weighted by Crippen LogP contribution is 2.25. The van der Waals surface area contributed by atoms with E-state index in [9.17, 15) is 24.1 Å². The van der Waals surface area contributed by atoms with Crippen molar-refractivity contribution in [2.45, 2.75) is 20.0 Å². The second-order valence-electron chi connectivity index (χ2n) is 6.86. The number of anilines is 1. The lowest BCUT2D eigenvalue weighted by atomic mass is 10.2. The number of hydrogen-bond donors (Lipinski definition) is 1. The number of nitrogens with zero attached hydrogens (tertiary/aromatic N) is 3. The number of ether oxygens (including phenoxy) is 1. The molecular weight excluding hydrogens is 455 g/mol. The van der Waals surface area contributed by atoms with E-state index in [0.29, 0.717) is 16.4 Å². The number of nitrogens with one attached hydrogen (secondary N) is 1. The minimum atomic E-state index is -1.23. The van der Waals surface area contributed by atoms with Gasteiger partial charge in [-0.3, -0.25) is 14.9 Å². The number of nitro groups is 1. The zero-order chi connectivity index (χ0) is 24.1. The van der Waals surface area contributed by atoms with Gasteiger partial charge in [0.15, 0.2) is 6.10 Å². The van der Waals surface area contributed by atoms with Gasteiger partial charge in [0.1, 0.15) is 5.15 Å². The van der Waals surface area contributed by atoms with Crippen molar-refractivity contribution in [3.8, 4) is 5.69 Å². The number of para-hydroxylation sites is 1. The molecule has 0 aliphatic heterocycles. The smallest absolute Gasteiger partial charge is 0.331 e. The Balaban J connectivity index is 1.65. The lowest BCUT2D eigenvalue weighted by Crippen LogP contribution is -2.29. The fraction of sp³-hybridized carbons (Fsp3) is 0.136. The van der Waals surface area contributed by atoms with Gasteiger partial charge < -0.3 is 10.1 Å². The lowest BCUT2D eigenvalue weighted by molar-refractivity contribution is -0.387. The van der Waals surface area contributed by atoms with Crippen LogP contribution in [0.1, 0.15) is 18.2 Å². The highest BCUT2D eigenvalue weighted by atomic mass is 35.5. The van der Waals surface area contributed by atoms with Crippen molar-refractivity contribution in [3.05, 3.63) is 86.9 Å². The van der Waals surface area contributed by atoms with Crippen LogP contribution in [0.4, 0.5) is 15.8 Å². The molecule has 0 fully saturated rings. The molecule has 0 saturated carbocycles. The summed E-state index contributed by atoms with van der Waals surface area (Å²) in [6.07, 6.45) is 1.31. The van der Waals surface area contributed by atoms with Crippen LogP contribution in [0.25, 0.3) is 11.8 Å². The van der Waals surface area contributed by atoms with E-state index in [0.717, 1.165) is 30.0 Å². The number of hydrogen-bond acceptors (Lipinski definition) is 6. The number of esters is 1. The zero-order valence-electron chi connectivity index (χ0n) is 17.5. The number of carbonyl (C=O) groups excluding carboxylic acids is 2. The van der Waals surface area contributed by atoms with Crippen molar-refractivity contribution in [2.24, 2.45) is 0 Å². The summed E-state index contributed by atoms with van der Waals surface area (Å²) in [4.78, 5) is 34.3. The van der Waals surface area contributed by atoms with Gasteiger partial charge in [-0.1, -0.05) is 29.8 Å². The van der Waals surface area contributed by atoms with Crippen LogP contribution >= 0.6 is 11.6 Å². The summed E-state index contributed by atoms with van der Waals surface area (Å²) in [6.45, 7) is 3.05. The Morgan fingerprint density at radius 2 is 1.97 bits per heavy atom. The first-order chi connectivity index (χ1) is 15.7. The molecule has 0 aliphatic rings. The average molecular weight is 473 g/mol. The molecule has 0 saturated heterocycles. The molecular formula is C22H18ClFN4O5. The van der Waals surface area contributed by atoms with E-state index in [-0.39, 0.29) is 5.69 Å². The second kappa shape index (κ2) is 10.0. The van der Waals surface area contributed by atoms with E-state index in [2.05, 4.69) is 10.4 Å². The summed E-state index contributed by atoms with van der Waals surface area (Å²) < 4.78 is 20.0. The average Bonchev–Trinajstić information content (AvgIpc) is 3.07. The van der Waals surface area contributed by atoms with Gasteiger partial charge in [0, 0.05) is 23.4 Å². The van der Waals surface area contributed by atoms with E-state index in [1.807, 2.05) is 30.3 Å². The number of rotatable bonds is 7. The SMILES string of the molecule is Cc1nn(-c2ccccc2)c(Cl)c1/C=C/C(=O)OC(C)C(=O)Nc1ccc(F)c([N+](=O)[O-])c1. The van der Waals surface area contributed by atoms with Crippen LogP contribution in [0.2, 0.25) is 5.15 Å². The molecule has 9 nitrogen and oxygen atoms in total. The van der Waals surface area contributed by atoms with E-state index >= 15 is 0 Å². The molecule has 170 valence electrons. The largest absolute Gasteiger partial charge is 0.449 e. The van der Waals surface area contributed by atoms with Crippen LogP contribution in [0.5, 0.6) is 0 Å². The van der Waals surface area contributed by atoms with E-state index in [4.69, 9.17) is 16.3 Å². The number of benzene rings is 2. The van der Waals surface area contributed by atoms with Crippen molar-refractivity contribution in [1.29, 1.82) is 0 Å². The Labute approximate surface area is 192 Å². The van der Waals surface area contributed by atoms with Crippen LogP contribution in [-0.2, 0) is 14.3 Å². The maximum atomic E-state index is 13.4. The second-order valence-corrected chi connectivity index (χ2v) is 7.22. The molecule has 0 radical (unpaired) electrons. The third kappa shape index (κ3) is 5.60. The molecule has 2 aromatic carbocycles. The minimum absolute atomic E-state index is 0.0118. The molecule has 1 heterocycles. The van der Waals surface area contributed by atoms with Gasteiger partial charge in [0.05, 0.1) is 16.3 Å². The van der Waals surface area contributed by atoms with Crippen molar-refractivity contribution < 1.29 is 23.6 Å². The van der Waals surface area contributed by atoms with Gasteiger partial charge in [-0.2, -0.15) is 9.49 Å². The summed E-state index contributed by atoms with van der Waals surface area (Å²) >= 11 is 6.40. The summed E-state index contributed by atoms with van der Waals surface area (Å²) in [5.74, 6) is -2.60. The van der Waals surface area contributed by atoms with Crippen molar-refractivity contribution >= 4 is 40.9 Å². The zero-order valence-corrected chi connectivity index (χ0v) is 18.2. The van der Waals surface area contributed by atoms with Gasteiger partial charge in [-0.15, -0.1) is 0 Å². The Bertz CT molecular complexity index is 1240. The Kier molecular flexibility index (Phi) is 7.19. The van der Waals surface area contributed by atoms with Crippen LogP contribution in [0.15, 0.2) is 54.6 Å². The van der Waals surface area contributed by atoms with Crippen molar-refractivity contribution in [1.82, 2.24) is 9.78 Å². The standard InChI is InChI=1S/C22H18ClFN4O5/c1-13-17(21(23)27(26-13)16-6-4-3-5-7-16)9-11-20(29)33-14(2)22(30)25-15-8-10-18(24)19(12-15)28(31)32/h3-12,14H,1-2H3,(H,25,30)/b11-9+. The van der Waals surface area contributed by atoms with E-state index < -0.39 is 34.4 Å². The molecule has 1 aromatic heterocycles. The molecule has 11 heteroatoms. The highest BCUT2D eigenvalue weighted by Gasteiger charge is 2.20. The molecule has 1 amide bonds. The Morgan fingerprint density at radius 3 is 2.64 bits per heavy atom. The van der Waals surface area contributed by atoms with Crippen LogP contribution in [0.3, 0.4) is 0 Å². The normalized spacial score (nSPS) is 11.9. The molecule has 3 aromatic rings. The maximum Gasteiger partial charge on any atom is 0.331 e. The Morgan fingerprint density at radius 1 is 1.27 bits per heavy atom. The fourth-order valence-electron chi connectivity index (χ4n) is 2.83. The molecule has 1 unspecified atom stereocenters. The van der Waals surface area contributed by atoms with E-state index in [1.165, 1.54) is 17.7 Å². The van der Waals surface area contributed by atoms with Crippen LogP contribution in [-0.4, -0.2) is 32.7 Å². The molecule has 3 rings (SSSR count). The van der Waals surface area contributed by atoms with E-state index in [1.54, 1.807) is 6.92 Å². The topological polar surface area (TPSA) is 116 Å². The number of nitro benzene ring substituents is 1. The monoisotopic (exact) mass is 472 g/mol. The highest BCUT2D eigenvalue weighted by molar-refractivity contribution is 6.31. The summed E-state index contributed by atoms with van der Waals surface area (Å²) in [7, 11) is 0. The molecule has 0 spiro atoms. The fourth-order valence-corrected chi connectivity index (χ4v) is 3.17. The lowest BCUT2D eigenvalue weighted by Gasteiger charge is -2.12. The number of halogens is 2. The number of carbonyl (C=O) groups is 2. The van der Waals surface area contributed by atoms with Gasteiger partial charge in [-0.05, 0) is 44.2 Å². The maximum absolute atomic E-state index is 13.4. The van der Waals surface area contributed by atoms with Crippen molar-refractivity contribution in [3.63, 3.8) is 0 Å². The van der Waals surface area contributed by atoms with Gasteiger partial charge in [-0.25, -0.2) is 9.48 Å². The number of aryl methyl sites for hydroxylation is 1.